The number of hydrogen-bond donors (Lipinski definition) is 0. The van der Waals surface area contributed by atoms with Gasteiger partial charge in [-0.3, -0.25) is 4.79 Å². The minimum absolute atomic E-state index is 0.185. The van der Waals surface area contributed by atoms with Gasteiger partial charge in [0, 0.05) is 38.6 Å². The second kappa shape index (κ2) is 7.01. The molecule has 1 fully saturated rings. The molecule has 7 heteroatoms. The maximum atomic E-state index is 13.0. The normalized spacial score (nSPS) is 15.4. The van der Waals surface area contributed by atoms with Gasteiger partial charge in [-0.1, -0.05) is 18.2 Å². The van der Waals surface area contributed by atoms with Crippen molar-refractivity contribution in [3.8, 4) is 0 Å². The molecule has 0 N–H and O–H groups in total. The molecule has 1 aliphatic rings. The molecule has 0 radical (unpaired) electrons. The van der Waals surface area contributed by atoms with Crippen LogP contribution in [0.3, 0.4) is 0 Å². The number of aryl methyl sites for hydroxylation is 1. The van der Waals surface area contributed by atoms with E-state index < -0.39 is 10.0 Å². The molecule has 1 aromatic heterocycles. The van der Waals surface area contributed by atoms with Crippen molar-refractivity contribution < 1.29 is 13.2 Å². The third-order valence-corrected chi connectivity index (χ3v) is 6.39. The highest BCUT2D eigenvalue weighted by atomic mass is 32.2. The first kappa shape index (κ1) is 17.7. The van der Waals surface area contributed by atoms with Gasteiger partial charge in [-0.05, 0) is 38.0 Å². The molecule has 0 aliphatic carbocycles. The van der Waals surface area contributed by atoms with Crippen molar-refractivity contribution in [1.29, 1.82) is 0 Å². The first-order valence-corrected chi connectivity index (χ1v) is 9.92. The zero-order valence-electron chi connectivity index (χ0n) is 14.6. The van der Waals surface area contributed by atoms with Crippen molar-refractivity contribution in [3.05, 3.63) is 48.3 Å². The minimum atomic E-state index is -3.53. The van der Waals surface area contributed by atoms with Gasteiger partial charge in [-0.15, -0.1) is 0 Å². The largest absolute Gasteiger partial charge is 0.345 e. The zero-order chi connectivity index (χ0) is 18.0. The molecule has 0 atom stereocenters. The van der Waals surface area contributed by atoms with E-state index in [4.69, 9.17) is 0 Å². The summed E-state index contributed by atoms with van der Waals surface area (Å²) >= 11 is 0. The van der Waals surface area contributed by atoms with E-state index in [0.717, 1.165) is 18.5 Å². The van der Waals surface area contributed by atoms with Crippen LogP contribution in [0.15, 0.2) is 47.5 Å². The zero-order valence-corrected chi connectivity index (χ0v) is 15.4. The van der Waals surface area contributed by atoms with Crippen LogP contribution in [0, 0.1) is 0 Å². The van der Waals surface area contributed by atoms with Gasteiger partial charge in [-0.25, -0.2) is 8.42 Å². The monoisotopic (exact) mass is 361 g/mol. The van der Waals surface area contributed by atoms with Gasteiger partial charge in [0.25, 0.3) is 5.91 Å². The second-order valence-electron chi connectivity index (χ2n) is 6.17. The Bertz CT molecular complexity index is 853. The molecule has 3 rings (SSSR count). The van der Waals surface area contributed by atoms with Crippen molar-refractivity contribution in [1.82, 2.24) is 8.87 Å². The van der Waals surface area contributed by atoms with Crippen LogP contribution < -0.4 is 4.90 Å². The number of aromatic nitrogens is 1. The van der Waals surface area contributed by atoms with Gasteiger partial charge in [-0.2, -0.15) is 4.31 Å². The van der Waals surface area contributed by atoms with Crippen molar-refractivity contribution in [2.45, 2.75) is 24.7 Å². The highest BCUT2D eigenvalue weighted by Gasteiger charge is 2.30. The van der Waals surface area contributed by atoms with Crippen molar-refractivity contribution >= 4 is 21.6 Å². The van der Waals surface area contributed by atoms with E-state index in [1.807, 2.05) is 37.3 Å². The summed E-state index contributed by atoms with van der Waals surface area (Å²) in [5.74, 6) is -0.209. The van der Waals surface area contributed by atoms with E-state index in [9.17, 15) is 13.2 Å². The number of rotatable bonds is 5. The lowest BCUT2D eigenvalue weighted by molar-refractivity contribution is 0.0980. The van der Waals surface area contributed by atoms with E-state index in [2.05, 4.69) is 0 Å². The molecule has 134 valence electrons. The lowest BCUT2D eigenvalue weighted by Gasteiger charge is -2.21. The molecule has 1 aromatic carbocycles. The van der Waals surface area contributed by atoms with Crippen molar-refractivity contribution in [2.75, 3.05) is 24.5 Å². The molecule has 1 saturated heterocycles. The van der Waals surface area contributed by atoms with E-state index in [1.54, 1.807) is 16.5 Å². The lowest BCUT2D eigenvalue weighted by atomic mass is 10.2. The quantitative estimate of drug-likeness (QED) is 0.822. The summed E-state index contributed by atoms with van der Waals surface area (Å²) < 4.78 is 28.5. The highest BCUT2D eigenvalue weighted by Crippen LogP contribution is 2.24. The van der Waals surface area contributed by atoms with Crippen LogP contribution in [0.2, 0.25) is 0 Å². The lowest BCUT2D eigenvalue weighted by Crippen LogP contribution is -2.31. The van der Waals surface area contributed by atoms with E-state index >= 15 is 0 Å². The highest BCUT2D eigenvalue weighted by molar-refractivity contribution is 7.89. The molecule has 0 saturated carbocycles. The molecule has 25 heavy (non-hydrogen) atoms. The molecule has 0 unspecified atom stereocenters. The minimum Gasteiger partial charge on any atom is -0.345 e. The third-order valence-electron chi connectivity index (χ3n) is 4.53. The summed E-state index contributed by atoms with van der Waals surface area (Å²) in [7, 11) is -1.83. The maximum Gasteiger partial charge on any atom is 0.274 e. The molecule has 2 heterocycles. The van der Waals surface area contributed by atoms with Crippen molar-refractivity contribution in [2.24, 2.45) is 7.05 Å². The van der Waals surface area contributed by atoms with Crippen molar-refractivity contribution in [3.63, 3.8) is 0 Å². The Morgan fingerprint density at radius 2 is 1.80 bits per heavy atom. The predicted octanol–water partition coefficient (Wildman–Crippen LogP) is 2.48. The first-order chi connectivity index (χ1) is 11.9. The molecular formula is C18H23N3O3S. The van der Waals surface area contributed by atoms with Crippen LogP contribution in [0.1, 0.15) is 30.3 Å². The van der Waals surface area contributed by atoms with Crippen LogP contribution in [0.4, 0.5) is 5.69 Å². The van der Waals surface area contributed by atoms with Gasteiger partial charge in [0.05, 0.1) is 0 Å². The number of carbonyl (C=O) groups excluding carboxylic acids is 1. The SMILES string of the molecule is CCN(C(=O)c1cc(S(=O)(=O)N2CCCC2)cn1C)c1ccccc1. The Hall–Kier alpha value is -2.12. The fourth-order valence-electron chi connectivity index (χ4n) is 3.16. The molecule has 1 aliphatic heterocycles. The molecule has 6 nitrogen and oxygen atoms in total. The van der Waals surface area contributed by atoms with Crippen LogP contribution in [0.5, 0.6) is 0 Å². The number of carbonyl (C=O) groups is 1. The average Bonchev–Trinajstić information content (AvgIpc) is 3.26. The summed E-state index contributed by atoms with van der Waals surface area (Å²) in [6.07, 6.45) is 3.30. The van der Waals surface area contributed by atoms with Crippen LogP contribution in [-0.4, -0.2) is 42.8 Å². The standard InChI is InChI=1S/C18H23N3O3S/c1-3-21(15-9-5-4-6-10-15)18(22)17-13-16(14-19(17)2)25(23,24)20-11-7-8-12-20/h4-6,9-10,13-14H,3,7-8,11-12H2,1-2H3. The Morgan fingerprint density at radius 3 is 2.40 bits per heavy atom. The topological polar surface area (TPSA) is 62.6 Å². The summed E-state index contributed by atoms with van der Waals surface area (Å²) in [5.41, 5.74) is 1.16. The Morgan fingerprint density at radius 1 is 1.16 bits per heavy atom. The molecule has 0 spiro atoms. The predicted molar refractivity (Wildman–Crippen MR) is 97.2 cm³/mol. The fraction of sp³-hybridized carbons (Fsp3) is 0.389. The van der Waals surface area contributed by atoms with Crippen LogP contribution >= 0.6 is 0 Å². The van der Waals surface area contributed by atoms with Gasteiger partial charge in [0.15, 0.2) is 0 Å². The molecule has 2 aromatic rings. The molecule has 0 bridgehead atoms. The molecule has 1 amide bonds. The van der Waals surface area contributed by atoms with Gasteiger partial charge in [0.1, 0.15) is 10.6 Å². The van der Waals surface area contributed by atoms with E-state index in [-0.39, 0.29) is 10.8 Å². The van der Waals surface area contributed by atoms with Gasteiger partial charge >= 0.3 is 0 Å². The number of nitrogens with zero attached hydrogens (tertiary/aromatic N) is 3. The van der Waals surface area contributed by atoms with Crippen LogP contribution in [-0.2, 0) is 17.1 Å². The van der Waals surface area contributed by atoms with Gasteiger partial charge < -0.3 is 9.47 Å². The van der Waals surface area contributed by atoms with Gasteiger partial charge in [0.2, 0.25) is 10.0 Å². The number of anilines is 1. The number of benzene rings is 1. The fourth-order valence-corrected chi connectivity index (χ4v) is 4.74. The number of sulfonamides is 1. The number of hydrogen-bond acceptors (Lipinski definition) is 3. The summed E-state index contributed by atoms with van der Waals surface area (Å²) in [6.45, 7) is 3.50. The molecular weight excluding hydrogens is 338 g/mol. The van der Waals surface area contributed by atoms with E-state index in [0.29, 0.717) is 25.3 Å². The Kier molecular flexibility index (Phi) is 4.96. The summed E-state index contributed by atoms with van der Waals surface area (Å²) in [5, 5.41) is 0. The maximum absolute atomic E-state index is 13.0. The number of amides is 1. The first-order valence-electron chi connectivity index (χ1n) is 8.48. The smallest absolute Gasteiger partial charge is 0.274 e. The third kappa shape index (κ3) is 3.34. The number of para-hydroxylation sites is 1. The summed E-state index contributed by atoms with van der Waals surface area (Å²) in [4.78, 5) is 14.8. The second-order valence-corrected chi connectivity index (χ2v) is 8.11. The van der Waals surface area contributed by atoms with E-state index in [1.165, 1.54) is 16.6 Å². The Balaban J connectivity index is 1.93. The average molecular weight is 361 g/mol. The summed E-state index contributed by atoms with van der Waals surface area (Å²) in [6, 6.07) is 10.9. The Labute approximate surface area is 148 Å². The van der Waals surface area contributed by atoms with Crippen LogP contribution in [0.25, 0.3) is 0 Å².